The zero-order valence-electron chi connectivity index (χ0n) is 18.2. The Balaban J connectivity index is 2.13. The summed E-state index contributed by atoms with van der Waals surface area (Å²) < 4.78 is 56.6. The van der Waals surface area contributed by atoms with Crippen molar-refractivity contribution in [3.05, 3.63) is 70.9 Å². The van der Waals surface area contributed by atoms with E-state index in [1.165, 1.54) is 32.4 Å². The maximum absolute atomic E-state index is 13.8. The molecule has 1 heterocycles. The molecule has 0 radical (unpaired) electrons. The van der Waals surface area contributed by atoms with E-state index in [4.69, 9.17) is 26.4 Å². The van der Waals surface area contributed by atoms with Crippen molar-refractivity contribution in [2.45, 2.75) is 19.1 Å². The van der Waals surface area contributed by atoms with Crippen LogP contribution >= 0.6 is 12.2 Å². The fraction of sp³-hybridized carbons (Fsp3) is 0.304. The molecular formula is C23H23F3N2O4S. The molecule has 1 N–H and O–H groups in total. The van der Waals surface area contributed by atoms with Crippen LogP contribution in [0.25, 0.3) is 0 Å². The normalized spacial score (nSPS) is 16.5. The second kappa shape index (κ2) is 10.2. The van der Waals surface area contributed by atoms with E-state index in [0.29, 0.717) is 17.1 Å². The molecule has 2 aromatic rings. The summed E-state index contributed by atoms with van der Waals surface area (Å²) >= 11 is 5.50. The van der Waals surface area contributed by atoms with Gasteiger partial charge in [-0.05, 0) is 55.0 Å². The van der Waals surface area contributed by atoms with E-state index in [2.05, 4.69) is 5.32 Å². The van der Waals surface area contributed by atoms with Gasteiger partial charge in [0.2, 0.25) is 0 Å². The Morgan fingerprint density at radius 2 is 1.76 bits per heavy atom. The Hall–Kier alpha value is -3.11. The molecule has 3 rings (SSSR count). The topological polar surface area (TPSA) is 60.0 Å². The van der Waals surface area contributed by atoms with Crippen molar-refractivity contribution >= 4 is 29.0 Å². The molecule has 0 spiro atoms. The van der Waals surface area contributed by atoms with Crippen LogP contribution in [0.15, 0.2) is 59.8 Å². The summed E-state index contributed by atoms with van der Waals surface area (Å²) in [4.78, 5) is 14.6. The van der Waals surface area contributed by atoms with Gasteiger partial charge in [0.25, 0.3) is 0 Å². The third kappa shape index (κ3) is 5.28. The Morgan fingerprint density at radius 1 is 1.09 bits per heavy atom. The SMILES string of the molecule is COCCOC(=O)C1=C(C)N(c2ccc(OC)cc2)C(=S)NC1c1ccccc1C(F)(F)F. The maximum atomic E-state index is 13.8. The first-order chi connectivity index (χ1) is 15.7. The second-order valence-electron chi connectivity index (χ2n) is 7.13. The quantitative estimate of drug-likeness (QED) is 0.353. The van der Waals surface area contributed by atoms with Gasteiger partial charge in [0.1, 0.15) is 12.4 Å². The number of hydrogen-bond acceptors (Lipinski definition) is 5. The highest BCUT2D eigenvalue weighted by molar-refractivity contribution is 7.80. The van der Waals surface area contributed by atoms with Gasteiger partial charge in [0.05, 0.1) is 30.9 Å². The average molecular weight is 481 g/mol. The number of halogens is 3. The first kappa shape index (κ1) is 24.5. The van der Waals surface area contributed by atoms with Crippen LogP contribution in [0.1, 0.15) is 24.1 Å². The van der Waals surface area contributed by atoms with Crippen LogP contribution in [0.2, 0.25) is 0 Å². The third-order valence-corrected chi connectivity index (χ3v) is 5.43. The van der Waals surface area contributed by atoms with Crippen molar-refractivity contribution < 1.29 is 32.2 Å². The summed E-state index contributed by atoms with van der Waals surface area (Å²) in [6.45, 7) is 1.72. The van der Waals surface area contributed by atoms with Crippen molar-refractivity contribution in [2.75, 3.05) is 32.3 Å². The van der Waals surface area contributed by atoms with Gasteiger partial charge >= 0.3 is 12.1 Å². The van der Waals surface area contributed by atoms with Crippen LogP contribution in [0.4, 0.5) is 18.9 Å². The van der Waals surface area contributed by atoms with Crippen molar-refractivity contribution in [3.8, 4) is 5.75 Å². The molecule has 1 unspecified atom stereocenters. The average Bonchev–Trinajstić information content (AvgIpc) is 2.78. The number of carbonyl (C=O) groups is 1. The van der Waals surface area contributed by atoms with Crippen LogP contribution in [-0.4, -0.2) is 38.5 Å². The molecule has 10 heteroatoms. The lowest BCUT2D eigenvalue weighted by molar-refractivity contribution is -0.142. The Labute approximate surface area is 194 Å². The van der Waals surface area contributed by atoms with Crippen LogP contribution in [0, 0.1) is 0 Å². The predicted molar refractivity (Wildman–Crippen MR) is 121 cm³/mol. The van der Waals surface area contributed by atoms with E-state index in [0.717, 1.165) is 6.07 Å². The van der Waals surface area contributed by atoms with E-state index in [-0.39, 0.29) is 29.5 Å². The Bertz CT molecular complexity index is 1050. The standard InChI is InChI=1S/C23H23F3N2O4S/c1-14-19(21(29)32-13-12-30-2)20(17-6-4-5-7-18(17)23(24,25)26)27-22(33)28(14)15-8-10-16(31-3)11-9-15/h4-11,20H,12-13H2,1-3H3,(H,27,33). The molecule has 1 atom stereocenters. The molecule has 0 aliphatic carbocycles. The Kier molecular flexibility index (Phi) is 7.60. The lowest BCUT2D eigenvalue weighted by atomic mass is 9.91. The zero-order chi connectivity index (χ0) is 24.2. The molecule has 0 fully saturated rings. The minimum Gasteiger partial charge on any atom is -0.497 e. The molecular weight excluding hydrogens is 457 g/mol. The number of nitrogens with zero attached hydrogens (tertiary/aromatic N) is 1. The summed E-state index contributed by atoms with van der Waals surface area (Å²) in [6, 6.07) is 10.8. The zero-order valence-corrected chi connectivity index (χ0v) is 19.0. The van der Waals surface area contributed by atoms with Gasteiger partial charge in [-0.2, -0.15) is 13.2 Å². The second-order valence-corrected chi connectivity index (χ2v) is 7.52. The molecule has 176 valence electrons. The van der Waals surface area contributed by atoms with E-state index in [9.17, 15) is 18.0 Å². The number of esters is 1. The molecule has 1 aliphatic rings. The molecule has 0 saturated heterocycles. The smallest absolute Gasteiger partial charge is 0.416 e. The van der Waals surface area contributed by atoms with Gasteiger partial charge in [-0.25, -0.2) is 4.79 Å². The van der Waals surface area contributed by atoms with Gasteiger partial charge in [-0.1, -0.05) is 18.2 Å². The lowest BCUT2D eigenvalue weighted by Gasteiger charge is -2.38. The van der Waals surface area contributed by atoms with Gasteiger partial charge in [0, 0.05) is 18.5 Å². The largest absolute Gasteiger partial charge is 0.497 e. The van der Waals surface area contributed by atoms with E-state index in [1.807, 2.05) is 0 Å². The number of hydrogen-bond donors (Lipinski definition) is 1. The van der Waals surface area contributed by atoms with Crippen LogP contribution in [0.5, 0.6) is 5.75 Å². The van der Waals surface area contributed by atoms with Crippen molar-refractivity contribution in [3.63, 3.8) is 0 Å². The summed E-state index contributed by atoms with van der Waals surface area (Å²) in [5.41, 5.74) is -0.00552. The van der Waals surface area contributed by atoms with Gasteiger partial charge < -0.3 is 19.5 Å². The molecule has 0 aromatic heterocycles. The number of thiocarbonyl (C=S) groups is 1. The number of allylic oxidation sites excluding steroid dienone is 1. The van der Waals surface area contributed by atoms with Crippen LogP contribution < -0.4 is 15.0 Å². The summed E-state index contributed by atoms with van der Waals surface area (Å²) in [7, 11) is 2.98. The fourth-order valence-corrected chi connectivity index (χ4v) is 3.95. The molecule has 0 amide bonds. The number of methoxy groups -OCH3 is 2. The first-order valence-electron chi connectivity index (χ1n) is 9.96. The molecule has 1 aliphatic heterocycles. The number of anilines is 1. The summed E-state index contributed by atoms with van der Waals surface area (Å²) in [5, 5.41) is 3.06. The molecule has 6 nitrogen and oxygen atoms in total. The number of benzene rings is 2. The molecule has 0 bridgehead atoms. The van der Waals surface area contributed by atoms with E-state index in [1.54, 1.807) is 36.1 Å². The number of nitrogens with one attached hydrogen (secondary N) is 1. The molecule has 33 heavy (non-hydrogen) atoms. The van der Waals surface area contributed by atoms with E-state index >= 15 is 0 Å². The maximum Gasteiger partial charge on any atom is 0.416 e. The first-order valence-corrected chi connectivity index (χ1v) is 10.4. The van der Waals surface area contributed by atoms with Gasteiger partial charge in [-0.15, -0.1) is 0 Å². The van der Waals surface area contributed by atoms with Crippen molar-refractivity contribution in [1.82, 2.24) is 5.32 Å². The van der Waals surface area contributed by atoms with E-state index < -0.39 is 23.8 Å². The summed E-state index contributed by atoms with van der Waals surface area (Å²) in [6.07, 6.45) is -4.62. The predicted octanol–water partition coefficient (Wildman–Crippen LogP) is 4.61. The number of alkyl halides is 3. The van der Waals surface area contributed by atoms with Crippen molar-refractivity contribution in [2.24, 2.45) is 0 Å². The minimum atomic E-state index is -4.62. The number of carbonyl (C=O) groups excluding carboxylic acids is 1. The number of rotatable bonds is 7. The molecule has 0 saturated carbocycles. The van der Waals surface area contributed by atoms with Gasteiger partial charge in [0.15, 0.2) is 5.11 Å². The minimum absolute atomic E-state index is 0.0206. The Morgan fingerprint density at radius 3 is 2.36 bits per heavy atom. The van der Waals surface area contributed by atoms with Crippen LogP contribution in [-0.2, 0) is 20.4 Å². The summed E-state index contributed by atoms with van der Waals surface area (Å²) in [5.74, 6) is -0.146. The van der Waals surface area contributed by atoms with Crippen LogP contribution in [0.3, 0.4) is 0 Å². The highest BCUT2D eigenvalue weighted by Crippen LogP contribution is 2.40. The molecule has 2 aromatic carbocycles. The highest BCUT2D eigenvalue weighted by atomic mass is 32.1. The van der Waals surface area contributed by atoms with Crippen molar-refractivity contribution in [1.29, 1.82) is 0 Å². The third-order valence-electron chi connectivity index (χ3n) is 5.13. The highest BCUT2D eigenvalue weighted by Gasteiger charge is 2.41. The fourth-order valence-electron chi connectivity index (χ4n) is 3.59. The number of ether oxygens (including phenoxy) is 3. The lowest BCUT2D eigenvalue weighted by Crippen LogP contribution is -2.48. The van der Waals surface area contributed by atoms with Gasteiger partial charge in [-0.3, -0.25) is 4.90 Å². The monoisotopic (exact) mass is 480 g/mol.